The molecule has 3 aromatic rings. The molecule has 0 bridgehead atoms. The van der Waals surface area contributed by atoms with Gasteiger partial charge < -0.3 is 10.1 Å². The zero-order valence-corrected chi connectivity index (χ0v) is 19.0. The third-order valence-electron chi connectivity index (χ3n) is 5.63. The maximum absolute atomic E-state index is 11.8. The number of amides is 1. The lowest BCUT2D eigenvalue weighted by Crippen LogP contribution is -2.25. The van der Waals surface area contributed by atoms with Gasteiger partial charge in [0.2, 0.25) is 4.80 Å². The molecule has 0 saturated heterocycles. The number of hydrogen-bond acceptors (Lipinski definition) is 5. The summed E-state index contributed by atoms with van der Waals surface area (Å²) in [6.07, 6.45) is 7.77. The lowest BCUT2D eigenvalue weighted by Gasteiger charge is -2.18. The maximum Gasteiger partial charge on any atom is 0.262 e. The van der Waals surface area contributed by atoms with Crippen LogP contribution < -0.4 is 14.9 Å². The smallest absolute Gasteiger partial charge is 0.262 e. The Morgan fingerprint density at radius 1 is 1.16 bits per heavy atom. The van der Waals surface area contributed by atoms with Crippen molar-refractivity contribution in [3.05, 3.63) is 63.2 Å². The first kappa shape index (κ1) is 21.0. The average molecular weight is 467 g/mol. The molecule has 1 N–H and O–H groups in total. The maximum atomic E-state index is 11.8. The summed E-state index contributed by atoms with van der Waals surface area (Å²) in [5.74, 6) is 0.518. The van der Waals surface area contributed by atoms with Crippen LogP contribution in [0.2, 0.25) is 5.02 Å². The first-order chi connectivity index (χ1) is 15.7. The van der Waals surface area contributed by atoms with Crippen molar-refractivity contribution in [3.8, 4) is 17.0 Å². The normalized spacial score (nSPS) is 17.3. The van der Waals surface area contributed by atoms with Gasteiger partial charge in [0, 0.05) is 16.0 Å². The van der Waals surface area contributed by atoms with E-state index in [-0.39, 0.29) is 12.5 Å². The van der Waals surface area contributed by atoms with Gasteiger partial charge in [-0.25, -0.2) is 4.68 Å². The van der Waals surface area contributed by atoms with Crippen molar-refractivity contribution in [1.29, 1.82) is 0 Å². The largest absolute Gasteiger partial charge is 0.482 e. The quantitative estimate of drug-likeness (QED) is 0.529. The Kier molecular flexibility index (Phi) is 6.10. The summed E-state index contributed by atoms with van der Waals surface area (Å²) in [6.45, 7) is 0.0408. The van der Waals surface area contributed by atoms with E-state index in [9.17, 15) is 4.79 Å². The van der Waals surface area contributed by atoms with Crippen LogP contribution in [-0.4, -0.2) is 29.4 Å². The molecule has 5 rings (SSSR count). The molecule has 1 aliphatic heterocycles. The Morgan fingerprint density at radius 3 is 2.88 bits per heavy atom. The molecule has 2 heterocycles. The fourth-order valence-corrected chi connectivity index (χ4v) is 5.13. The van der Waals surface area contributed by atoms with Crippen LogP contribution in [0.1, 0.15) is 37.7 Å². The van der Waals surface area contributed by atoms with Crippen molar-refractivity contribution in [2.75, 3.05) is 11.9 Å². The number of carbonyl (C=O) groups excluding carboxylic acids is 1. The average Bonchev–Trinajstić information content (AvgIpc) is 3.20. The van der Waals surface area contributed by atoms with E-state index < -0.39 is 0 Å². The topological polar surface area (TPSA) is 68.0 Å². The summed E-state index contributed by atoms with van der Waals surface area (Å²) in [4.78, 5) is 17.7. The molecule has 0 unspecified atom stereocenters. The van der Waals surface area contributed by atoms with Gasteiger partial charge in [-0.05, 0) is 48.7 Å². The number of ether oxygens (including phenoxy) is 1. The van der Waals surface area contributed by atoms with Crippen LogP contribution in [0.3, 0.4) is 0 Å². The molecular formula is C24H23ClN4O2S. The monoisotopic (exact) mass is 466 g/mol. The van der Waals surface area contributed by atoms with Gasteiger partial charge in [-0.15, -0.1) is 11.3 Å². The standard InChI is InChI=1S/C24H23ClN4O2S/c25-18-6-4-5-16(11-18)13-26-29-21(15-32-24(29)27-19-7-2-1-3-8-19)17-9-10-22-20(12-17)28-23(30)14-31-22/h4-6,9-13,15,19H,1-3,7-8,14H2,(H,28,30). The first-order valence-electron chi connectivity index (χ1n) is 10.8. The van der Waals surface area contributed by atoms with Crippen LogP contribution in [0, 0.1) is 0 Å². The van der Waals surface area contributed by atoms with Crippen LogP contribution >= 0.6 is 22.9 Å². The predicted molar refractivity (Wildman–Crippen MR) is 129 cm³/mol. The Hall–Kier alpha value is -2.90. The zero-order valence-electron chi connectivity index (χ0n) is 17.5. The molecule has 1 amide bonds. The van der Waals surface area contributed by atoms with Gasteiger partial charge in [0.1, 0.15) is 5.75 Å². The molecule has 0 spiro atoms. The number of nitrogens with zero attached hydrogens (tertiary/aromatic N) is 3. The number of thiazole rings is 1. The summed E-state index contributed by atoms with van der Waals surface area (Å²) < 4.78 is 7.38. The van der Waals surface area contributed by atoms with Gasteiger partial charge in [0.25, 0.3) is 5.91 Å². The summed E-state index contributed by atoms with van der Waals surface area (Å²) in [6, 6.07) is 13.7. The molecule has 0 atom stereocenters. The van der Waals surface area contributed by atoms with E-state index in [0.29, 0.717) is 22.5 Å². The van der Waals surface area contributed by atoms with Gasteiger partial charge in [0.15, 0.2) is 6.61 Å². The van der Waals surface area contributed by atoms with Gasteiger partial charge in [-0.3, -0.25) is 9.79 Å². The number of anilines is 1. The second kappa shape index (κ2) is 9.30. The second-order valence-corrected chi connectivity index (χ2v) is 9.26. The summed E-state index contributed by atoms with van der Waals surface area (Å²) in [7, 11) is 0. The lowest BCUT2D eigenvalue weighted by atomic mass is 9.96. The molecule has 6 nitrogen and oxygen atoms in total. The number of benzene rings is 2. The third kappa shape index (κ3) is 4.64. The molecule has 32 heavy (non-hydrogen) atoms. The van der Waals surface area contributed by atoms with Gasteiger partial charge >= 0.3 is 0 Å². The molecule has 1 saturated carbocycles. The SMILES string of the molecule is O=C1COc2ccc(-c3csc(=NC4CCCCC4)n3N=Cc3cccc(Cl)c3)cc2N1. The van der Waals surface area contributed by atoms with E-state index in [1.807, 2.05) is 47.1 Å². The Bertz CT molecular complexity index is 1240. The van der Waals surface area contributed by atoms with Gasteiger partial charge in [-0.1, -0.05) is 43.0 Å². The Labute approximate surface area is 195 Å². The van der Waals surface area contributed by atoms with E-state index >= 15 is 0 Å². The highest BCUT2D eigenvalue weighted by Gasteiger charge is 2.18. The molecule has 1 fully saturated rings. The van der Waals surface area contributed by atoms with Crippen molar-refractivity contribution in [2.45, 2.75) is 38.1 Å². The highest BCUT2D eigenvalue weighted by Crippen LogP contribution is 2.33. The lowest BCUT2D eigenvalue weighted by molar-refractivity contribution is -0.118. The fourth-order valence-electron chi connectivity index (χ4n) is 4.02. The van der Waals surface area contributed by atoms with Crippen molar-refractivity contribution >= 4 is 40.7 Å². The van der Waals surface area contributed by atoms with Crippen LogP contribution in [-0.2, 0) is 4.79 Å². The highest BCUT2D eigenvalue weighted by atomic mass is 35.5. The highest BCUT2D eigenvalue weighted by molar-refractivity contribution is 7.07. The van der Waals surface area contributed by atoms with E-state index in [0.717, 1.165) is 34.5 Å². The number of rotatable bonds is 4. The molecule has 2 aliphatic rings. The van der Waals surface area contributed by atoms with Crippen molar-refractivity contribution in [2.24, 2.45) is 10.1 Å². The van der Waals surface area contributed by atoms with Crippen LogP contribution in [0.4, 0.5) is 5.69 Å². The molecular weight excluding hydrogens is 444 g/mol. The fraction of sp³-hybridized carbons (Fsp3) is 0.292. The van der Waals surface area contributed by atoms with Gasteiger partial charge in [0.05, 0.1) is 23.6 Å². The first-order valence-corrected chi connectivity index (χ1v) is 12.0. The minimum absolute atomic E-state index is 0.0408. The Balaban J connectivity index is 1.57. The minimum atomic E-state index is -0.153. The summed E-state index contributed by atoms with van der Waals surface area (Å²) in [5.41, 5.74) is 3.42. The van der Waals surface area contributed by atoms with Gasteiger partial charge in [-0.2, -0.15) is 5.10 Å². The van der Waals surface area contributed by atoms with Crippen molar-refractivity contribution < 1.29 is 9.53 Å². The molecule has 0 radical (unpaired) electrons. The van der Waals surface area contributed by atoms with Crippen LogP contribution in [0.25, 0.3) is 11.3 Å². The number of nitrogens with one attached hydrogen (secondary N) is 1. The molecule has 164 valence electrons. The molecule has 2 aromatic carbocycles. The zero-order chi connectivity index (χ0) is 21.9. The second-order valence-electron chi connectivity index (χ2n) is 7.98. The number of halogens is 1. The number of carbonyl (C=O) groups is 1. The van der Waals surface area contributed by atoms with Crippen molar-refractivity contribution in [1.82, 2.24) is 4.68 Å². The third-order valence-corrected chi connectivity index (χ3v) is 6.70. The molecule has 1 aromatic heterocycles. The molecule has 1 aliphatic carbocycles. The number of hydrogen-bond donors (Lipinski definition) is 1. The number of fused-ring (bicyclic) bond motifs is 1. The molecule has 8 heteroatoms. The predicted octanol–water partition coefficient (Wildman–Crippen LogP) is 5.32. The number of aromatic nitrogens is 1. The summed E-state index contributed by atoms with van der Waals surface area (Å²) >= 11 is 7.72. The van der Waals surface area contributed by atoms with E-state index in [1.54, 1.807) is 17.6 Å². The van der Waals surface area contributed by atoms with E-state index in [1.165, 1.54) is 19.3 Å². The van der Waals surface area contributed by atoms with Crippen LogP contribution in [0.15, 0.2) is 57.9 Å². The van der Waals surface area contributed by atoms with Crippen LogP contribution in [0.5, 0.6) is 5.75 Å². The van der Waals surface area contributed by atoms with Crippen molar-refractivity contribution in [3.63, 3.8) is 0 Å². The summed E-state index contributed by atoms with van der Waals surface area (Å²) in [5, 5.41) is 10.4. The minimum Gasteiger partial charge on any atom is -0.482 e. The van der Waals surface area contributed by atoms with E-state index in [2.05, 4.69) is 10.7 Å². The Morgan fingerprint density at radius 2 is 2.03 bits per heavy atom. The van der Waals surface area contributed by atoms with E-state index in [4.69, 9.17) is 26.4 Å².